The van der Waals surface area contributed by atoms with Crippen LogP contribution in [-0.2, 0) is 13.1 Å². The molecule has 0 aliphatic heterocycles. The average Bonchev–Trinajstić information content (AvgIpc) is 3.50. The Bertz CT molecular complexity index is 1220. The SMILES string of the molecule is COc1cccc(Cn2cc(NC(=O)c3ccc(Cn4cc([N+](=O)[O-])cn4)o3)cn2)c1. The Morgan fingerprint density at radius 3 is 2.74 bits per heavy atom. The molecule has 4 aromatic rings. The number of carbonyl (C=O) groups excluding carboxylic acids is 1. The van der Waals surface area contributed by atoms with Gasteiger partial charge in [-0.1, -0.05) is 12.1 Å². The van der Waals surface area contributed by atoms with Gasteiger partial charge in [0, 0.05) is 6.20 Å². The molecule has 1 N–H and O–H groups in total. The number of ether oxygens (including phenoxy) is 1. The molecule has 0 aliphatic carbocycles. The summed E-state index contributed by atoms with van der Waals surface area (Å²) in [6, 6.07) is 10.8. The number of methoxy groups -OCH3 is 1. The molecule has 0 atom stereocenters. The average molecular weight is 422 g/mol. The summed E-state index contributed by atoms with van der Waals surface area (Å²) in [6.07, 6.45) is 5.70. The highest BCUT2D eigenvalue weighted by atomic mass is 16.6. The Kier molecular flexibility index (Phi) is 5.47. The third-order valence-corrected chi connectivity index (χ3v) is 4.40. The molecule has 0 fully saturated rings. The molecule has 11 nitrogen and oxygen atoms in total. The maximum absolute atomic E-state index is 12.5. The maximum Gasteiger partial charge on any atom is 0.307 e. The van der Waals surface area contributed by atoms with Crippen LogP contribution in [0.2, 0.25) is 0 Å². The number of nitrogens with zero attached hydrogens (tertiary/aromatic N) is 5. The van der Waals surface area contributed by atoms with E-state index in [-0.39, 0.29) is 18.0 Å². The Balaban J connectivity index is 1.37. The molecule has 0 bridgehead atoms. The molecule has 11 heteroatoms. The number of carbonyl (C=O) groups is 1. The number of anilines is 1. The van der Waals surface area contributed by atoms with Crippen molar-refractivity contribution in [1.29, 1.82) is 0 Å². The van der Waals surface area contributed by atoms with Crippen LogP contribution >= 0.6 is 0 Å². The van der Waals surface area contributed by atoms with Crippen LogP contribution < -0.4 is 10.1 Å². The van der Waals surface area contributed by atoms with Crippen LogP contribution in [-0.4, -0.2) is 37.5 Å². The highest BCUT2D eigenvalue weighted by Crippen LogP contribution is 2.16. The van der Waals surface area contributed by atoms with Gasteiger partial charge in [-0.3, -0.25) is 24.3 Å². The van der Waals surface area contributed by atoms with Crippen LogP contribution in [0, 0.1) is 10.1 Å². The second-order valence-electron chi connectivity index (χ2n) is 6.65. The molecular weight excluding hydrogens is 404 g/mol. The van der Waals surface area contributed by atoms with Crippen molar-refractivity contribution in [2.45, 2.75) is 13.1 Å². The summed E-state index contributed by atoms with van der Waals surface area (Å²) in [5, 5.41) is 21.6. The third kappa shape index (κ3) is 4.78. The summed E-state index contributed by atoms with van der Waals surface area (Å²) in [6.45, 7) is 0.688. The highest BCUT2D eigenvalue weighted by molar-refractivity contribution is 6.02. The van der Waals surface area contributed by atoms with Gasteiger partial charge in [-0.05, 0) is 29.8 Å². The van der Waals surface area contributed by atoms with E-state index in [9.17, 15) is 14.9 Å². The number of hydrogen-bond acceptors (Lipinski definition) is 7. The Hall–Kier alpha value is -4.41. The van der Waals surface area contributed by atoms with Gasteiger partial charge in [-0.2, -0.15) is 10.2 Å². The third-order valence-electron chi connectivity index (χ3n) is 4.40. The van der Waals surface area contributed by atoms with Crippen molar-refractivity contribution >= 4 is 17.3 Å². The van der Waals surface area contributed by atoms with Crippen molar-refractivity contribution in [2.24, 2.45) is 0 Å². The van der Waals surface area contributed by atoms with E-state index in [1.165, 1.54) is 16.9 Å². The molecule has 0 aliphatic rings. The van der Waals surface area contributed by atoms with Crippen molar-refractivity contribution < 1.29 is 18.9 Å². The van der Waals surface area contributed by atoms with Gasteiger partial charge in [0.2, 0.25) is 0 Å². The van der Waals surface area contributed by atoms with Crippen LogP contribution in [0.15, 0.2) is 65.6 Å². The molecular formula is C20H18N6O5. The lowest BCUT2D eigenvalue weighted by molar-refractivity contribution is -0.385. The lowest BCUT2D eigenvalue weighted by Gasteiger charge is -2.04. The molecule has 158 valence electrons. The van der Waals surface area contributed by atoms with Crippen molar-refractivity contribution in [3.05, 3.63) is 88.4 Å². The lowest BCUT2D eigenvalue weighted by Crippen LogP contribution is -2.10. The van der Waals surface area contributed by atoms with Gasteiger partial charge in [0.1, 0.15) is 23.9 Å². The number of nitro groups is 1. The van der Waals surface area contributed by atoms with E-state index in [2.05, 4.69) is 15.5 Å². The van der Waals surface area contributed by atoms with Crippen LogP contribution in [0.3, 0.4) is 0 Å². The Morgan fingerprint density at radius 1 is 1.16 bits per heavy atom. The lowest BCUT2D eigenvalue weighted by atomic mass is 10.2. The zero-order chi connectivity index (χ0) is 21.8. The normalized spacial score (nSPS) is 10.7. The summed E-state index contributed by atoms with van der Waals surface area (Å²) in [5.74, 6) is 0.879. The molecule has 31 heavy (non-hydrogen) atoms. The Morgan fingerprint density at radius 2 is 1.97 bits per heavy atom. The van der Waals surface area contributed by atoms with E-state index >= 15 is 0 Å². The van der Waals surface area contributed by atoms with E-state index in [4.69, 9.17) is 9.15 Å². The molecule has 4 rings (SSSR count). The summed E-state index contributed by atoms with van der Waals surface area (Å²) < 4.78 is 13.8. The molecule has 0 saturated heterocycles. The quantitative estimate of drug-likeness (QED) is 0.341. The number of benzene rings is 1. The van der Waals surface area contributed by atoms with Crippen molar-refractivity contribution in [2.75, 3.05) is 12.4 Å². The van der Waals surface area contributed by atoms with Gasteiger partial charge in [0.05, 0.1) is 37.0 Å². The van der Waals surface area contributed by atoms with Gasteiger partial charge >= 0.3 is 5.69 Å². The monoisotopic (exact) mass is 422 g/mol. The fraction of sp³-hybridized carbons (Fsp3) is 0.150. The molecule has 0 unspecified atom stereocenters. The topological polar surface area (TPSA) is 130 Å². The number of rotatable bonds is 8. The van der Waals surface area contributed by atoms with E-state index in [0.29, 0.717) is 18.0 Å². The van der Waals surface area contributed by atoms with Crippen LogP contribution in [0.25, 0.3) is 0 Å². The molecule has 0 radical (unpaired) electrons. The second-order valence-corrected chi connectivity index (χ2v) is 6.65. The first-order valence-corrected chi connectivity index (χ1v) is 9.22. The first kappa shape index (κ1) is 19.9. The maximum atomic E-state index is 12.5. The van der Waals surface area contributed by atoms with Crippen LogP contribution in [0.5, 0.6) is 5.75 Å². The zero-order valence-electron chi connectivity index (χ0n) is 16.5. The first-order chi connectivity index (χ1) is 15.0. The number of hydrogen-bond donors (Lipinski definition) is 1. The van der Waals surface area contributed by atoms with Gasteiger partial charge < -0.3 is 14.5 Å². The fourth-order valence-electron chi connectivity index (χ4n) is 2.94. The van der Waals surface area contributed by atoms with Gasteiger partial charge in [-0.15, -0.1) is 0 Å². The van der Waals surface area contributed by atoms with Crippen LogP contribution in [0.4, 0.5) is 11.4 Å². The number of aromatic nitrogens is 4. The van der Waals surface area contributed by atoms with E-state index < -0.39 is 10.8 Å². The number of nitrogens with one attached hydrogen (secondary N) is 1. The summed E-state index contributed by atoms with van der Waals surface area (Å²) in [7, 11) is 1.61. The largest absolute Gasteiger partial charge is 0.497 e. The van der Waals surface area contributed by atoms with E-state index in [0.717, 1.165) is 17.5 Å². The highest BCUT2D eigenvalue weighted by Gasteiger charge is 2.14. The number of furan rings is 1. The molecule has 0 saturated carbocycles. The van der Waals surface area contributed by atoms with Gasteiger partial charge in [0.25, 0.3) is 5.91 Å². The zero-order valence-corrected chi connectivity index (χ0v) is 16.5. The molecule has 3 heterocycles. The minimum Gasteiger partial charge on any atom is -0.497 e. The smallest absolute Gasteiger partial charge is 0.307 e. The molecule has 1 aromatic carbocycles. The van der Waals surface area contributed by atoms with Gasteiger partial charge in [0.15, 0.2) is 5.76 Å². The number of amides is 1. The molecule has 1 amide bonds. The second kappa shape index (κ2) is 8.53. The minimum atomic E-state index is -0.529. The first-order valence-electron chi connectivity index (χ1n) is 9.22. The van der Waals surface area contributed by atoms with Gasteiger partial charge in [-0.25, -0.2) is 0 Å². The summed E-state index contributed by atoms with van der Waals surface area (Å²) in [4.78, 5) is 22.7. The Labute approximate surface area is 176 Å². The summed E-state index contributed by atoms with van der Waals surface area (Å²) >= 11 is 0. The van der Waals surface area contributed by atoms with E-state index in [1.54, 1.807) is 30.3 Å². The minimum absolute atomic E-state index is 0.109. The van der Waals surface area contributed by atoms with Crippen LogP contribution in [0.1, 0.15) is 21.9 Å². The standard InChI is InChI=1S/C20H18N6O5/c1-30-17-4-2-3-14(7-17)10-24-11-15(8-21-24)23-20(27)19-6-5-18(31-19)13-25-12-16(9-22-25)26(28)29/h2-9,11-12H,10,13H2,1H3,(H,23,27). The predicted molar refractivity (Wildman–Crippen MR) is 109 cm³/mol. The summed E-state index contributed by atoms with van der Waals surface area (Å²) in [5.41, 5.74) is 1.42. The van der Waals surface area contributed by atoms with Crippen molar-refractivity contribution in [3.8, 4) is 5.75 Å². The molecule has 0 spiro atoms. The molecule has 3 aromatic heterocycles. The van der Waals surface area contributed by atoms with E-state index in [1.807, 2.05) is 24.3 Å². The van der Waals surface area contributed by atoms with Crippen molar-refractivity contribution in [3.63, 3.8) is 0 Å². The van der Waals surface area contributed by atoms with Crippen molar-refractivity contribution in [1.82, 2.24) is 19.6 Å². The predicted octanol–water partition coefficient (Wildman–Crippen LogP) is 2.94. The fourth-order valence-corrected chi connectivity index (χ4v) is 2.94.